The number of ether oxygens (including phenoxy) is 2. The highest BCUT2D eigenvalue weighted by Gasteiger charge is 2.13. The number of carbonyl (C=O) groups is 1. The Morgan fingerprint density at radius 1 is 1.06 bits per heavy atom. The van der Waals surface area contributed by atoms with Gasteiger partial charge in [0, 0.05) is 22.6 Å². The molecule has 0 aliphatic carbocycles. The Kier molecular flexibility index (Phi) is 6.05. The number of furan rings is 1. The molecule has 1 atom stereocenters. The Bertz CT molecular complexity index is 1210. The van der Waals surface area contributed by atoms with Crippen LogP contribution in [0.15, 0.2) is 77.4 Å². The van der Waals surface area contributed by atoms with Crippen LogP contribution in [-0.4, -0.2) is 13.1 Å². The molecule has 0 spiro atoms. The predicted molar refractivity (Wildman–Crippen MR) is 121 cm³/mol. The first-order chi connectivity index (χ1) is 15.0. The second kappa shape index (κ2) is 9.06. The molecule has 1 unspecified atom stereocenters. The number of carbonyl (C=O) groups excluding carboxylic acids is 1. The number of nitrogens with two attached hydrogens (primary N) is 1. The summed E-state index contributed by atoms with van der Waals surface area (Å²) in [5.74, 6) is 0.368. The first kappa shape index (κ1) is 20.7. The van der Waals surface area contributed by atoms with Gasteiger partial charge in [-0.3, -0.25) is 4.79 Å². The molecule has 0 aliphatic rings. The fourth-order valence-electron chi connectivity index (χ4n) is 3.61. The van der Waals surface area contributed by atoms with Crippen molar-refractivity contribution in [2.24, 2.45) is 5.73 Å². The van der Waals surface area contributed by atoms with Crippen LogP contribution in [0.25, 0.3) is 22.1 Å². The van der Waals surface area contributed by atoms with Crippen LogP contribution in [0.2, 0.25) is 0 Å². The minimum Gasteiger partial charge on any atom is -0.489 e. The average molecular weight is 415 g/mol. The number of para-hydroxylation sites is 1. The van der Waals surface area contributed by atoms with Crippen molar-refractivity contribution < 1.29 is 18.7 Å². The monoisotopic (exact) mass is 415 g/mol. The first-order valence-corrected chi connectivity index (χ1v) is 10.2. The third-order valence-corrected chi connectivity index (χ3v) is 5.26. The second-order valence-electron chi connectivity index (χ2n) is 7.55. The summed E-state index contributed by atoms with van der Waals surface area (Å²) >= 11 is 0. The molecule has 0 fully saturated rings. The maximum atomic E-state index is 11.7. The molecule has 4 aromatic rings. The van der Waals surface area contributed by atoms with Crippen molar-refractivity contribution in [3.63, 3.8) is 0 Å². The molecule has 5 nitrogen and oxygen atoms in total. The van der Waals surface area contributed by atoms with Crippen molar-refractivity contribution in [3.8, 4) is 16.9 Å². The Hall–Kier alpha value is -3.57. The van der Waals surface area contributed by atoms with Gasteiger partial charge in [0.05, 0.1) is 19.8 Å². The van der Waals surface area contributed by atoms with Gasteiger partial charge >= 0.3 is 5.97 Å². The van der Waals surface area contributed by atoms with E-state index in [9.17, 15) is 4.79 Å². The van der Waals surface area contributed by atoms with E-state index < -0.39 is 0 Å². The van der Waals surface area contributed by atoms with Gasteiger partial charge in [-0.05, 0) is 53.9 Å². The van der Waals surface area contributed by atoms with E-state index >= 15 is 0 Å². The number of methoxy groups -OCH3 is 1. The lowest BCUT2D eigenvalue weighted by atomic mass is 9.97. The Morgan fingerprint density at radius 3 is 2.71 bits per heavy atom. The predicted octanol–water partition coefficient (Wildman–Crippen LogP) is 5.41. The maximum absolute atomic E-state index is 11.7. The highest BCUT2D eigenvalue weighted by Crippen LogP contribution is 2.33. The summed E-state index contributed by atoms with van der Waals surface area (Å²) in [4.78, 5) is 11.7. The summed E-state index contributed by atoms with van der Waals surface area (Å²) in [5.41, 5.74) is 11.8. The smallest absolute Gasteiger partial charge is 0.310 e. The van der Waals surface area contributed by atoms with Crippen LogP contribution in [0, 0.1) is 0 Å². The number of esters is 1. The lowest BCUT2D eigenvalue weighted by Gasteiger charge is -2.13. The minimum atomic E-state index is -0.299. The Balaban J connectivity index is 1.65. The second-order valence-corrected chi connectivity index (χ2v) is 7.55. The fourth-order valence-corrected chi connectivity index (χ4v) is 3.61. The lowest BCUT2D eigenvalue weighted by molar-refractivity contribution is -0.139. The molecule has 0 saturated carbocycles. The van der Waals surface area contributed by atoms with Gasteiger partial charge < -0.3 is 19.6 Å². The van der Waals surface area contributed by atoms with E-state index in [1.54, 1.807) is 6.26 Å². The number of hydrogen-bond donors (Lipinski definition) is 1. The number of benzene rings is 3. The molecule has 1 heterocycles. The standard InChI is InChI=1S/C26H25NO4/c1-17(27)19-7-5-8-20(14-19)23-13-18(12-22-10-11-30-26(22)23)16-31-24-9-4-3-6-21(24)15-25(28)29-2/h3-14,17H,15-16,27H2,1-2H3. The summed E-state index contributed by atoms with van der Waals surface area (Å²) in [6.07, 6.45) is 1.86. The van der Waals surface area contributed by atoms with Crippen molar-refractivity contribution >= 4 is 16.9 Å². The molecule has 31 heavy (non-hydrogen) atoms. The van der Waals surface area contributed by atoms with Crippen LogP contribution in [0.3, 0.4) is 0 Å². The molecular formula is C26H25NO4. The van der Waals surface area contributed by atoms with E-state index in [4.69, 9.17) is 19.6 Å². The van der Waals surface area contributed by atoms with Gasteiger partial charge in [-0.1, -0.05) is 36.4 Å². The van der Waals surface area contributed by atoms with Crippen LogP contribution < -0.4 is 10.5 Å². The number of rotatable bonds is 7. The van der Waals surface area contributed by atoms with E-state index in [1.165, 1.54) is 7.11 Å². The maximum Gasteiger partial charge on any atom is 0.310 e. The molecule has 0 amide bonds. The van der Waals surface area contributed by atoms with Crippen molar-refractivity contribution in [1.82, 2.24) is 0 Å². The molecule has 4 rings (SSSR count). The third kappa shape index (κ3) is 4.62. The summed E-state index contributed by atoms with van der Waals surface area (Å²) < 4.78 is 16.7. The highest BCUT2D eigenvalue weighted by atomic mass is 16.5. The molecule has 3 aromatic carbocycles. The quantitative estimate of drug-likeness (QED) is 0.408. The van der Waals surface area contributed by atoms with Gasteiger partial charge in [0.25, 0.3) is 0 Å². The Morgan fingerprint density at radius 2 is 1.90 bits per heavy atom. The van der Waals surface area contributed by atoms with Crippen molar-refractivity contribution in [2.75, 3.05) is 7.11 Å². The van der Waals surface area contributed by atoms with E-state index in [2.05, 4.69) is 24.3 Å². The summed E-state index contributed by atoms with van der Waals surface area (Å²) in [6, 6.07) is 21.7. The largest absolute Gasteiger partial charge is 0.489 e. The molecule has 2 N–H and O–H groups in total. The minimum absolute atomic E-state index is 0.0510. The van der Waals surface area contributed by atoms with Crippen molar-refractivity contribution in [1.29, 1.82) is 0 Å². The van der Waals surface area contributed by atoms with Gasteiger partial charge in [0.2, 0.25) is 0 Å². The fraction of sp³-hybridized carbons (Fsp3) is 0.192. The van der Waals surface area contributed by atoms with E-state index in [0.717, 1.165) is 38.8 Å². The van der Waals surface area contributed by atoms with Gasteiger partial charge in [0.1, 0.15) is 17.9 Å². The van der Waals surface area contributed by atoms with Crippen molar-refractivity contribution in [3.05, 3.63) is 89.7 Å². The summed E-state index contributed by atoms with van der Waals surface area (Å²) in [6.45, 7) is 2.33. The van der Waals surface area contributed by atoms with E-state index in [-0.39, 0.29) is 18.4 Å². The van der Waals surface area contributed by atoms with E-state index in [1.807, 2.05) is 49.4 Å². The van der Waals surface area contributed by atoms with Crippen LogP contribution in [-0.2, 0) is 22.6 Å². The summed E-state index contributed by atoms with van der Waals surface area (Å²) in [5, 5.41) is 1.00. The molecule has 0 saturated heterocycles. The zero-order valence-corrected chi connectivity index (χ0v) is 17.6. The van der Waals surface area contributed by atoms with Crippen LogP contribution in [0.5, 0.6) is 5.75 Å². The van der Waals surface area contributed by atoms with E-state index in [0.29, 0.717) is 12.4 Å². The molecule has 0 radical (unpaired) electrons. The van der Waals surface area contributed by atoms with Crippen LogP contribution in [0.1, 0.15) is 29.7 Å². The van der Waals surface area contributed by atoms with Gasteiger partial charge in [-0.2, -0.15) is 0 Å². The number of fused-ring (bicyclic) bond motifs is 1. The third-order valence-electron chi connectivity index (χ3n) is 5.26. The molecule has 1 aromatic heterocycles. The van der Waals surface area contributed by atoms with Crippen LogP contribution >= 0.6 is 0 Å². The van der Waals surface area contributed by atoms with Gasteiger partial charge in [-0.25, -0.2) is 0 Å². The highest BCUT2D eigenvalue weighted by molar-refractivity contribution is 5.93. The number of hydrogen-bond acceptors (Lipinski definition) is 5. The molecular weight excluding hydrogens is 390 g/mol. The van der Waals surface area contributed by atoms with Crippen molar-refractivity contribution in [2.45, 2.75) is 26.0 Å². The zero-order chi connectivity index (χ0) is 21.8. The van der Waals surface area contributed by atoms with Gasteiger partial charge in [-0.15, -0.1) is 0 Å². The summed E-state index contributed by atoms with van der Waals surface area (Å²) in [7, 11) is 1.38. The molecule has 0 aliphatic heterocycles. The normalized spacial score (nSPS) is 12.0. The molecule has 5 heteroatoms. The average Bonchev–Trinajstić information content (AvgIpc) is 3.26. The zero-order valence-electron chi connectivity index (χ0n) is 17.6. The van der Waals surface area contributed by atoms with Crippen LogP contribution in [0.4, 0.5) is 0 Å². The topological polar surface area (TPSA) is 74.7 Å². The Labute approximate surface area is 181 Å². The SMILES string of the molecule is COC(=O)Cc1ccccc1OCc1cc(-c2cccc(C(C)N)c2)c2occc2c1. The van der Waals surface area contributed by atoms with Gasteiger partial charge in [0.15, 0.2) is 0 Å². The lowest BCUT2D eigenvalue weighted by Crippen LogP contribution is -2.07. The first-order valence-electron chi connectivity index (χ1n) is 10.2. The molecule has 158 valence electrons. The molecule has 0 bridgehead atoms.